The van der Waals surface area contributed by atoms with Crippen molar-refractivity contribution in [1.29, 1.82) is 0 Å². The number of rotatable bonds is 3. The molecule has 0 aliphatic heterocycles. The highest BCUT2D eigenvalue weighted by molar-refractivity contribution is 5.05. The second-order valence-corrected chi connectivity index (χ2v) is 6.74. The lowest BCUT2D eigenvalue weighted by Crippen LogP contribution is -2.39. The Morgan fingerprint density at radius 1 is 1.33 bits per heavy atom. The van der Waals surface area contributed by atoms with Crippen molar-refractivity contribution in [2.45, 2.75) is 66.5 Å². The fraction of sp³-hybridized carbons (Fsp3) is 0.800. The number of oxazole rings is 1. The molecule has 0 spiro atoms. The van der Waals surface area contributed by atoms with E-state index in [4.69, 9.17) is 4.42 Å². The van der Waals surface area contributed by atoms with E-state index in [1.54, 1.807) is 0 Å². The van der Waals surface area contributed by atoms with Crippen LogP contribution in [0.25, 0.3) is 0 Å². The average Bonchev–Trinajstić information content (AvgIpc) is 2.53. The molecule has 1 aliphatic rings. The molecule has 1 aromatic heterocycles. The standard InChI is InChI=1S/C15H26N2O/c1-10-6-13(8-15(4,5)7-10)16-9-14-17-11(2)12(3)18-14/h10,13,16H,6-9H2,1-5H3. The topological polar surface area (TPSA) is 38.1 Å². The highest BCUT2D eigenvalue weighted by atomic mass is 16.4. The Balaban J connectivity index is 1.90. The largest absolute Gasteiger partial charge is 0.444 e. The van der Waals surface area contributed by atoms with Crippen LogP contribution in [0.4, 0.5) is 0 Å². The number of aryl methyl sites for hydroxylation is 2. The SMILES string of the molecule is Cc1nc(CNC2CC(C)CC(C)(C)C2)oc1C. The van der Waals surface area contributed by atoms with Crippen molar-refractivity contribution < 1.29 is 4.42 Å². The number of hydrogen-bond acceptors (Lipinski definition) is 3. The number of nitrogens with one attached hydrogen (secondary N) is 1. The minimum absolute atomic E-state index is 0.456. The molecule has 2 unspecified atom stereocenters. The lowest BCUT2D eigenvalue weighted by Gasteiger charge is -2.39. The molecule has 3 heteroatoms. The zero-order valence-electron chi connectivity index (χ0n) is 12.3. The van der Waals surface area contributed by atoms with Gasteiger partial charge in [0, 0.05) is 6.04 Å². The molecule has 1 N–H and O–H groups in total. The first-order valence-corrected chi connectivity index (χ1v) is 7.02. The third-order valence-corrected chi connectivity index (χ3v) is 4.00. The molecule has 0 aromatic carbocycles. The zero-order chi connectivity index (χ0) is 13.3. The molecule has 1 aromatic rings. The van der Waals surface area contributed by atoms with E-state index in [0.717, 1.165) is 29.8 Å². The van der Waals surface area contributed by atoms with Gasteiger partial charge < -0.3 is 9.73 Å². The molecular weight excluding hydrogens is 224 g/mol. The fourth-order valence-electron chi connectivity index (χ4n) is 3.35. The summed E-state index contributed by atoms with van der Waals surface area (Å²) in [5.41, 5.74) is 1.46. The molecular formula is C15H26N2O. The van der Waals surface area contributed by atoms with E-state index in [1.165, 1.54) is 19.3 Å². The van der Waals surface area contributed by atoms with Crippen molar-refractivity contribution in [3.05, 3.63) is 17.3 Å². The molecule has 102 valence electrons. The number of aromatic nitrogens is 1. The van der Waals surface area contributed by atoms with Crippen molar-refractivity contribution >= 4 is 0 Å². The molecule has 1 fully saturated rings. The third-order valence-electron chi connectivity index (χ3n) is 4.00. The summed E-state index contributed by atoms with van der Waals surface area (Å²) in [6.07, 6.45) is 3.85. The van der Waals surface area contributed by atoms with Crippen molar-refractivity contribution in [1.82, 2.24) is 10.3 Å². The fourth-order valence-corrected chi connectivity index (χ4v) is 3.35. The molecule has 1 aliphatic carbocycles. The Bertz CT molecular complexity index is 389. The second-order valence-electron chi connectivity index (χ2n) is 6.74. The quantitative estimate of drug-likeness (QED) is 0.890. The van der Waals surface area contributed by atoms with Gasteiger partial charge in [0.2, 0.25) is 5.89 Å². The summed E-state index contributed by atoms with van der Waals surface area (Å²) < 4.78 is 5.61. The minimum Gasteiger partial charge on any atom is -0.444 e. The van der Waals surface area contributed by atoms with Crippen LogP contribution < -0.4 is 5.32 Å². The van der Waals surface area contributed by atoms with E-state index in [2.05, 4.69) is 31.1 Å². The van der Waals surface area contributed by atoms with Crippen LogP contribution in [0.15, 0.2) is 4.42 Å². The molecule has 0 bridgehead atoms. The maximum atomic E-state index is 5.61. The van der Waals surface area contributed by atoms with Crippen molar-refractivity contribution in [2.24, 2.45) is 11.3 Å². The monoisotopic (exact) mass is 250 g/mol. The van der Waals surface area contributed by atoms with Gasteiger partial charge in [-0.25, -0.2) is 4.98 Å². The first-order chi connectivity index (χ1) is 8.35. The van der Waals surface area contributed by atoms with Gasteiger partial charge in [-0.1, -0.05) is 20.8 Å². The summed E-state index contributed by atoms with van der Waals surface area (Å²) >= 11 is 0. The summed E-state index contributed by atoms with van der Waals surface area (Å²) in [5.74, 6) is 2.56. The van der Waals surface area contributed by atoms with Gasteiger partial charge in [0.1, 0.15) is 5.76 Å². The Hall–Kier alpha value is -0.830. The molecule has 2 atom stereocenters. The van der Waals surface area contributed by atoms with E-state index >= 15 is 0 Å². The van der Waals surface area contributed by atoms with Crippen LogP contribution in [0.5, 0.6) is 0 Å². The highest BCUT2D eigenvalue weighted by Gasteiger charge is 2.31. The summed E-state index contributed by atoms with van der Waals surface area (Å²) in [5, 5.41) is 3.61. The molecule has 0 saturated heterocycles. The molecule has 3 nitrogen and oxygen atoms in total. The second kappa shape index (κ2) is 5.04. The normalized spacial score (nSPS) is 27.4. The molecule has 1 heterocycles. The van der Waals surface area contributed by atoms with Gasteiger partial charge in [-0.15, -0.1) is 0 Å². The van der Waals surface area contributed by atoms with Crippen LogP contribution in [-0.2, 0) is 6.54 Å². The maximum absolute atomic E-state index is 5.61. The van der Waals surface area contributed by atoms with Gasteiger partial charge in [0.15, 0.2) is 0 Å². The Kier molecular flexibility index (Phi) is 3.81. The predicted octanol–water partition coefficient (Wildman–Crippen LogP) is 3.60. The van der Waals surface area contributed by atoms with E-state index in [-0.39, 0.29) is 0 Å². The van der Waals surface area contributed by atoms with Crippen molar-refractivity contribution in [3.8, 4) is 0 Å². The smallest absolute Gasteiger partial charge is 0.208 e. The first-order valence-electron chi connectivity index (χ1n) is 7.02. The third kappa shape index (κ3) is 3.35. The lowest BCUT2D eigenvalue weighted by molar-refractivity contribution is 0.149. The van der Waals surface area contributed by atoms with Crippen LogP contribution in [0, 0.1) is 25.2 Å². The van der Waals surface area contributed by atoms with Gasteiger partial charge in [-0.05, 0) is 44.4 Å². The summed E-state index contributed by atoms with van der Waals surface area (Å²) in [6, 6.07) is 0.594. The molecule has 1 saturated carbocycles. The van der Waals surface area contributed by atoms with E-state index < -0.39 is 0 Å². The van der Waals surface area contributed by atoms with Crippen LogP contribution in [-0.4, -0.2) is 11.0 Å². The average molecular weight is 250 g/mol. The van der Waals surface area contributed by atoms with Crippen LogP contribution >= 0.6 is 0 Å². The lowest BCUT2D eigenvalue weighted by atomic mass is 9.70. The van der Waals surface area contributed by atoms with Crippen molar-refractivity contribution in [3.63, 3.8) is 0 Å². The first kappa shape index (κ1) is 13.6. The van der Waals surface area contributed by atoms with Gasteiger partial charge >= 0.3 is 0 Å². The molecule has 2 rings (SSSR count). The van der Waals surface area contributed by atoms with Gasteiger partial charge in [-0.3, -0.25) is 0 Å². The highest BCUT2D eigenvalue weighted by Crippen LogP contribution is 2.38. The number of hydrogen-bond donors (Lipinski definition) is 1. The molecule has 18 heavy (non-hydrogen) atoms. The Morgan fingerprint density at radius 3 is 2.61 bits per heavy atom. The summed E-state index contributed by atoms with van der Waals surface area (Å²) in [6.45, 7) is 11.8. The van der Waals surface area contributed by atoms with Crippen LogP contribution in [0.1, 0.15) is 57.4 Å². The summed E-state index contributed by atoms with van der Waals surface area (Å²) in [4.78, 5) is 4.42. The Morgan fingerprint density at radius 2 is 2.06 bits per heavy atom. The number of nitrogens with zero attached hydrogens (tertiary/aromatic N) is 1. The maximum Gasteiger partial charge on any atom is 0.208 e. The predicted molar refractivity (Wildman–Crippen MR) is 73.4 cm³/mol. The van der Waals surface area contributed by atoms with Gasteiger partial charge in [0.25, 0.3) is 0 Å². The van der Waals surface area contributed by atoms with E-state index in [0.29, 0.717) is 11.5 Å². The summed E-state index contributed by atoms with van der Waals surface area (Å²) in [7, 11) is 0. The minimum atomic E-state index is 0.456. The molecule has 0 amide bonds. The van der Waals surface area contributed by atoms with E-state index in [1.807, 2.05) is 13.8 Å². The van der Waals surface area contributed by atoms with E-state index in [9.17, 15) is 0 Å². The van der Waals surface area contributed by atoms with Gasteiger partial charge in [0.05, 0.1) is 12.2 Å². The van der Waals surface area contributed by atoms with Crippen LogP contribution in [0.2, 0.25) is 0 Å². The zero-order valence-corrected chi connectivity index (χ0v) is 12.3. The van der Waals surface area contributed by atoms with Gasteiger partial charge in [-0.2, -0.15) is 0 Å². The van der Waals surface area contributed by atoms with Crippen LogP contribution in [0.3, 0.4) is 0 Å². The Labute approximate surface area is 110 Å². The van der Waals surface area contributed by atoms with Crippen molar-refractivity contribution in [2.75, 3.05) is 0 Å². The molecule has 0 radical (unpaired) electrons.